The van der Waals surface area contributed by atoms with Crippen LogP contribution in [0.25, 0.3) is 0 Å². The third-order valence-electron chi connectivity index (χ3n) is 2.52. The van der Waals surface area contributed by atoms with Gasteiger partial charge in [0.25, 0.3) is 0 Å². The van der Waals surface area contributed by atoms with Crippen LogP contribution in [0.5, 0.6) is 0 Å². The van der Waals surface area contributed by atoms with Crippen molar-refractivity contribution < 1.29 is 4.79 Å². The van der Waals surface area contributed by atoms with E-state index in [0.29, 0.717) is 0 Å². The molecule has 17 heavy (non-hydrogen) atoms. The highest BCUT2D eigenvalue weighted by Gasteiger charge is 2.17. The molecule has 2 atom stereocenters. The summed E-state index contributed by atoms with van der Waals surface area (Å²) in [6, 6.07) is 7.30. The maximum Gasteiger partial charge on any atom is 0.241 e. The lowest BCUT2D eigenvalue weighted by atomic mass is 10.1. The van der Waals surface area contributed by atoms with Gasteiger partial charge in [-0.1, -0.05) is 29.8 Å². The Morgan fingerprint density at radius 3 is 2.53 bits per heavy atom. The molecule has 0 heterocycles. The second-order valence-electron chi connectivity index (χ2n) is 4.25. The molecule has 94 valence electrons. The Kier molecular flexibility index (Phi) is 5.51. The van der Waals surface area contributed by atoms with Crippen molar-refractivity contribution in [3.05, 3.63) is 35.4 Å². The molecule has 0 aliphatic rings. The summed E-state index contributed by atoms with van der Waals surface area (Å²) in [7, 11) is 0. The fourth-order valence-corrected chi connectivity index (χ4v) is 2.13. The van der Waals surface area contributed by atoms with E-state index in [1.807, 2.05) is 44.4 Å². The van der Waals surface area contributed by atoms with E-state index in [4.69, 9.17) is 5.73 Å². The van der Waals surface area contributed by atoms with Crippen LogP contribution in [0.3, 0.4) is 0 Å². The van der Waals surface area contributed by atoms with Crippen LogP contribution < -0.4 is 11.1 Å². The predicted octanol–water partition coefficient (Wildman–Crippen LogP) is 1.86. The van der Waals surface area contributed by atoms with E-state index in [9.17, 15) is 4.79 Å². The van der Waals surface area contributed by atoms with Crippen molar-refractivity contribution in [1.82, 2.24) is 5.32 Å². The Bertz CT molecular complexity index is 364. The van der Waals surface area contributed by atoms with Crippen LogP contribution in [-0.2, 0) is 4.79 Å². The molecule has 0 aliphatic heterocycles. The monoisotopic (exact) mass is 252 g/mol. The molecule has 1 aromatic carbocycles. The molecule has 0 bridgehead atoms. The molecule has 0 saturated carbocycles. The first-order chi connectivity index (χ1) is 8.04. The Hall–Kier alpha value is -1.00. The number of carbonyl (C=O) groups excluding carboxylic acids is 1. The normalized spacial score (nSPS) is 14.1. The van der Waals surface area contributed by atoms with Crippen LogP contribution >= 0.6 is 11.8 Å². The first-order valence-electron chi connectivity index (χ1n) is 5.66. The molecule has 0 aromatic heterocycles. The molecule has 0 aliphatic carbocycles. The quantitative estimate of drug-likeness (QED) is 0.841. The zero-order chi connectivity index (χ0) is 12.8. The van der Waals surface area contributed by atoms with Gasteiger partial charge in [0.15, 0.2) is 0 Å². The maximum atomic E-state index is 11.9. The number of thioether (sulfide) groups is 1. The number of amides is 1. The van der Waals surface area contributed by atoms with Gasteiger partial charge in [-0.3, -0.25) is 4.79 Å². The SMILES string of the molecule is CSCC(C)NC(=O)C(N)c1ccc(C)cc1. The van der Waals surface area contributed by atoms with Gasteiger partial charge < -0.3 is 11.1 Å². The van der Waals surface area contributed by atoms with Crippen LogP contribution in [0, 0.1) is 6.92 Å². The first-order valence-corrected chi connectivity index (χ1v) is 7.05. The van der Waals surface area contributed by atoms with Crippen LogP contribution in [-0.4, -0.2) is 24.0 Å². The molecule has 0 radical (unpaired) electrons. The van der Waals surface area contributed by atoms with Crippen LogP contribution in [0.4, 0.5) is 0 Å². The van der Waals surface area contributed by atoms with E-state index in [1.54, 1.807) is 11.8 Å². The fourth-order valence-electron chi connectivity index (χ4n) is 1.55. The molecule has 0 spiro atoms. The van der Waals surface area contributed by atoms with Gasteiger partial charge in [-0.15, -0.1) is 0 Å². The number of nitrogens with two attached hydrogens (primary N) is 1. The largest absolute Gasteiger partial charge is 0.351 e. The molecule has 0 saturated heterocycles. The molecule has 3 N–H and O–H groups in total. The summed E-state index contributed by atoms with van der Waals surface area (Å²) in [6.07, 6.45) is 2.02. The topological polar surface area (TPSA) is 55.1 Å². The van der Waals surface area contributed by atoms with Crippen molar-refractivity contribution in [2.24, 2.45) is 5.73 Å². The first kappa shape index (κ1) is 14.1. The van der Waals surface area contributed by atoms with Crippen LogP contribution in [0.1, 0.15) is 24.1 Å². The average Bonchev–Trinajstić information content (AvgIpc) is 2.29. The molecular formula is C13H20N2OS. The molecule has 3 nitrogen and oxygen atoms in total. The Balaban J connectivity index is 2.60. The summed E-state index contributed by atoms with van der Waals surface area (Å²) < 4.78 is 0. The van der Waals surface area contributed by atoms with Gasteiger partial charge in [0.2, 0.25) is 5.91 Å². The summed E-state index contributed by atoms with van der Waals surface area (Å²) in [5.74, 6) is 0.780. The van der Waals surface area contributed by atoms with E-state index < -0.39 is 6.04 Å². The average molecular weight is 252 g/mol. The summed E-state index contributed by atoms with van der Waals surface area (Å²) in [5.41, 5.74) is 7.93. The van der Waals surface area contributed by atoms with Crippen LogP contribution in [0.15, 0.2) is 24.3 Å². The lowest BCUT2D eigenvalue weighted by Crippen LogP contribution is -2.40. The van der Waals surface area contributed by atoms with E-state index in [2.05, 4.69) is 5.32 Å². The van der Waals surface area contributed by atoms with Crippen molar-refractivity contribution >= 4 is 17.7 Å². The number of carbonyl (C=O) groups is 1. The van der Waals surface area contributed by atoms with Gasteiger partial charge in [0.1, 0.15) is 6.04 Å². The number of hydrogen-bond donors (Lipinski definition) is 2. The van der Waals surface area contributed by atoms with Gasteiger partial charge in [0.05, 0.1) is 0 Å². The van der Waals surface area contributed by atoms with Gasteiger partial charge in [0, 0.05) is 11.8 Å². The Morgan fingerprint density at radius 1 is 1.41 bits per heavy atom. The van der Waals surface area contributed by atoms with Crippen molar-refractivity contribution in [2.45, 2.75) is 25.9 Å². The maximum absolute atomic E-state index is 11.9. The number of nitrogens with one attached hydrogen (secondary N) is 1. The molecular weight excluding hydrogens is 232 g/mol. The number of hydrogen-bond acceptors (Lipinski definition) is 3. The highest BCUT2D eigenvalue weighted by Crippen LogP contribution is 2.12. The number of rotatable bonds is 5. The second-order valence-corrected chi connectivity index (χ2v) is 5.16. The van der Waals surface area contributed by atoms with Crippen molar-refractivity contribution in [3.8, 4) is 0 Å². The molecule has 0 fully saturated rings. The van der Waals surface area contributed by atoms with Gasteiger partial charge in [-0.2, -0.15) is 11.8 Å². The Morgan fingerprint density at radius 2 is 2.00 bits per heavy atom. The highest BCUT2D eigenvalue weighted by molar-refractivity contribution is 7.98. The lowest BCUT2D eigenvalue weighted by Gasteiger charge is -2.17. The fraction of sp³-hybridized carbons (Fsp3) is 0.462. The summed E-state index contributed by atoms with van der Waals surface area (Å²) >= 11 is 1.71. The molecule has 1 aromatic rings. The van der Waals surface area contributed by atoms with Crippen molar-refractivity contribution in [3.63, 3.8) is 0 Å². The minimum absolute atomic E-state index is 0.115. The van der Waals surface area contributed by atoms with E-state index in [0.717, 1.165) is 16.9 Å². The van der Waals surface area contributed by atoms with Crippen molar-refractivity contribution in [1.29, 1.82) is 0 Å². The highest BCUT2D eigenvalue weighted by atomic mass is 32.2. The van der Waals surface area contributed by atoms with Crippen molar-refractivity contribution in [2.75, 3.05) is 12.0 Å². The van der Waals surface area contributed by atoms with Gasteiger partial charge >= 0.3 is 0 Å². The molecule has 1 amide bonds. The van der Waals surface area contributed by atoms with E-state index >= 15 is 0 Å². The molecule has 2 unspecified atom stereocenters. The summed E-state index contributed by atoms with van der Waals surface area (Å²) in [4.78, 5) is 11.9. The van der Waals surface area contributed by atoms with E-state index in [1.165, 1.54) is 0 Å². The zero-order valence-electron chi connectivity index (χ0n) is 10.6. The predicted molar refractivity (Wildman–Crippen MR) is 74.1 cm³/mol. The molecule has 4 heteroatoms. The summed E-state index contributed by atoms with van der Waals surface area (Å²) in [5, 5.41) is 2.91. The summed E-state index contributed by atoms with van der Waals surface area (Å²) in [6.45, 7) is 3.99. The minimum Gasteiger partial charge on any atom is -0.351 e. The number of benzene rings is 1. The minimum atomic E-state index is -0.583. The lowest BCUT2D eigenvalue weighted by molar-refractivity contribution is -0.122. The molecule has 1 rings (SSSR count). The second kappa shape index (κ2) is 6.67. The van der Waals surface area contributed by atoms with Crippen LogP contribution in [0.2, 0.25) is 0 Å². The number of aryl methyl sites for hydroxylation is 1. The zero-order valence-corrected chi connectivity index (χ0v) is 11.4. The third kappa shape index (κ3) is 4.40. The smallest absolute Gasteiger partial charge is 0.241 e. The van der Waals surface area contributed by atoms with Gasteiger partial charge in [-0.05, 0) is 25.7 Å². The Labute approximate surface area is 107 Å². The third-order valence-corrected chi connectivity index (χ3v) is 3.36. The standard InChI is InChI=1S/C13H20N2OS/c1-9-4-6-11(7-5-9)12(14)13(16)15-10(2)8-17-3/h4-7,10,12H,8,14H2,1-3H3,(H,15,16). The van der Waals surface area contributed by atoms with E-state index in [-0.39, 0.29) is 11.9 Å². The van der Waals surface area contributed by atoms with Gasteiger partial charge in [-0.25, -0.2) is 0 Å².